The molecule has 2 aromatic carbocycles. The van der Waals surface area contributed by atoms with Gasteiger partial charge in [-0.25, -0.2) is 8.42 Å². The number of para-hydroxylation sites is 1. The van der Waals surface area contributed by atoms with Gasteiger partial charge < -0.3 is 4.90 Å². The van der Waals surface area contributed by atoms with E-state index in [1.807, 2.05) is 43.3 Å². The number of sulfonamides is 1. The van der Waals surface area contributed by atoms with Crippen LogP contribution in [0.15, 0.2) is 59.6 Å². The van der Waals surface area contributed by atoms with Crippen molar-refractivity contribution in [2.24, 2.45) is 0 Å². The van der Waals surface area contributed by atoms with Gasteiger partial charge in [0.15, 0.2) is 0 Å². The molecule has 1 saturated heterocycles. The van der Waals surface area contributed by atoms with Crippen molar-refractivity contribution in [3.63, 3.8) is 0 Å². The topological polar surface area (TPSA) is 70.6 Å². The maximum atomic E-state index is 13.4. The number of piperazine rings is 1. The summed E-state index contributed by atoms with van der Waals surface area (Å²) in [7, 11) is -3.71. The van der Waals surface area contributed by atoms with E-state index in [4.69, 9.17) is 11.6 Å². The third-order valence-electron chi connectivity index (χ3n) is 6.51. The van der Waals surface area contributed by atoms with Gasteiger partial charge in [-0.3, -0.25) is 9.78 Å². The molecular formula is C24H24ClN3O3S. The highest BCUT2D eigenvalue weighted by molar-refractivity contribution is 7.89. The van der Waals surface area contributed by atoms with Gasteiger partial charge in [-0.15, -0.1) is 0 Å². The molecule has 6 nitrogen and oxygen atoms in total. The van der Waals surface area contributed by atoms with Crippen LogP contribution >= 0.6 is 11.6 Å². The number of halogens is 1. The van der Waals surface area contributed by atoms with E-state index in [0.717, 1.165) is 29.4 Å². The molecule has 8 heteroatoms. The predicted octanol–water partition coefficient (Wildman–Crippen LogP) is 3.76. The molecule has 2 fully saturated rings. The van der Waals surface area contributed by atoms with Crippen LogP contribution in [-0.4, -0.2) is 54.7 Å². The van der Waals surface area contributed by atoms with E-state index in [1.165, 1.54) is 4.31 Å². The zero-order chi connectivity index (χ0) is 22.5. The second-order valence-corrected chi connectivity index (χ2v) is 11.0. The molecule has 0 unspecified atom stereocenters. The zero-order valence-electron chi connectivity index (χ0n) is 17.8. The van der Waals surface area contributed by atoms with Crippen molar-refractivity contribution in [2.75, 3.05) is 26.2 Å². The number of carbonyl (C=O) groups excluding carboxylic acids is 1. The number of fused-ring (bicyclic) bond motifs is 1. The standard InChI is InChI=1S/C24H24ClN3O3S/c1-17-15-18-3-2-4-21(22(18)26-16-17)32(30,31)28-13-11-27(12-14-28)23(29)24(9-10-24)19-5-7-20(25)8-6-19/h2-8,15-16H,9-14H2,1H3. The Hall–Kier alpha value is -2.48. The highest BCUT2D eigenvalue weighted by Crippen LogP contribution is 2.50. The van der Waals surface area contributed by atoms with Crippen molar-refractivity contribution in [1.82, 2.24) is 14.2 Å². The van der Waals surface area contributed by atoms with E-state index in [1.54, 1.807) is 23.2 Å². The van der Waals surface area contributed by atoms with Crippen LogP contribution < -0.4 is 0 Å². The fraction of sp³-hybridized carbons (Fsp3) is 0.333. The van der Waals surface area contributed by atoms with E-state index < -0.39 is 15.4 Å². The maximum absolute atomic E-state index is 13.4. The van der Waals surface area contributed by atoms with Crippen LogP contribution in [0, 0.1) is 6.92 Å². The SMILES string of the molecule is Cc1cnc2c(S(=O)(=O)N3CCN(C(=O)C4(c5ccc(Cl)cc5)CC4)CC3)cccc2c1. The van der Waals surface area contributed by atoms with Crippen molar-refractivity contribution in [1.29, 1.82) is 0 Å². The third kappa shape index (κ3) is 3.58. The first kappa shape index (κ1) is 21.4. The van der Waals surface area contributed by atoms with Gasteiger partial charge in [0.25, 0.3) is 0 Å². The lowest BCUT2D eigenvalue weighted by Crippen LogP contribution is -2.52. The minimum absolute atomic E-state index is 0.0826. The van der Waals surface area contributed by atoms with E-state index >= 15 is 0 Å². The van der Waals surface area contributed by atoms with E-state index in [2.05, 4.69) is 4.98 Å². The lowest BCUT2D eigenvalue weighted by Gasteiger charge is -2.36. The molecule has 1 aromatic heterocycles. The smallest absolute Gasteiger partial charge is 0.245 e. The maximum Gasteiger partial charge on any atom is 0.245 e. The Kier molecular flexibility index (Phi) is 5.23. The van der Waals surface area contributed by atoms with Gasteiger partial charge in [0, 0.05) is 42.8 Å². The Labute approximate surface area is 192 Å². The summed E-state index contributed by atoms with van der Waals surface area (Å²) in [5.74, 6) is 0.0826. The zero-order valence-corrected chi connectivity index (χ0v) is 19.4. The number of aryl methyl sites for hydroxylation is 1. The highest BCUT2D eigenvalue weighted by Gasteiger charge is 2.53. The molecule has 0 atom stereocenters. The Balaban J connectivity index is 1.34. The monoisotopic (exact) mass is 469 g/mol. The lowest BCUT2D eigenvalue weighted by molar-refractivity contribution is -0.135. The molecule has 3 aromatic rings. The molecule has 1 aliphatic heterocycles. The summed E-state index contributed by atoms with van der Waals surface area (Å²) < 4.78 is 28.3. The summed E-state index contributed by atoms with van der Waals surface area (Å²) in [4.78, 5) is 19.7. The van der Waals surface area contributed by atoms with Gasteiger partial charge in [0.05, 0.1) is 10.9 Å². The van der Waals surface area contributed by atoms with E-state index in [-0.39, 0.29) is 23.9 Å². The van der Waals surface area contributed by atoms with Gasteiger partial charge in [0.2, 0.25) is 15.9 Å². The van der Waals surface area contributed by atoms with Crippen LogP contribution in [0.2, 0.25) is 5.02 Å². The summed E-state index contributed by atoms with van der Waals surface area (Å²) in [6.45, 7) is 3.23. The Morgan fingerprint density at radius 3 is 2.38 bits per heavy atom. The Bertz CT molecular complexity index is 1300. The normalized spacial score (nSPS) is 18.6. The number of benzene rings is 2. The van der Waals surface area contributed by atoms with Crippen molar-refractivity contribution >= 4 is 38.4 Å². The summed E-state index contributed by atoms with van der Waals surface area (Å²) in [6, 6.07) is 14.6. The largest absolute Gasteiger partial charge is 0.339 e. The summed E-state index contributed by atoms with van der Waals surface area (Å²) in [6.07, 6.45) is 3.31. The van der Waals surface area contributed by atoms with Crippen LogP contribution in [0.25, 0.3) is 10.9 Å². The first-order valence-electron chi connectivity index (χ1n) is 10.7. The minimum atomic E-state index is -3.71. The molecule has 32 heavy (non-hydrogen) atoms. The molecule has 1 amide bonds. The van der Waals surface area contributed by atoms with Gasteiger partial charge in [0.1, 0.15) is 4.90 Å². The fourth-order valence-electron chi connectivity index (χ4n) is 4.54. The molecule has 1 saturated carbocycles. The molecular weight excluding hydrogens is 446 g/mol. The average molecular weight is 470 g/mol. The molecule has 166 valence electrons. The predicted molar refractivity (Wildman–Crippen MR) is 124 cm³/mol. The first-order chi connectivity index (χ1) is 15.3. The van der Waals surface area contributed by atoms with Crippen LogP contribution in [-0.2, 0) is 20.2 Å². The number of pyridine rings is 1. The molecule has 0 radical (unpaired) electrons. The number of aromatic nitrogens is 1. The molecule has 5 rings (SSSR count). The number of hydrogen-bond donors (Lipinski definition) is 0. The van der Waals surface area contributed by atoms with Crippen LogP contribution in [0.4, 0.5) is 0 Å². The van der Waals surface area contributed by atoms with Crippen LogP contribution in [0.5, 0.6) is 0 Å². The van der Waals surface area contributed by atoms with Crippen molar-refractivity contribution in [3.05, 3.63) is 70.9 Å². The number of nitrogens with zero attached hydrogens (tertiary/aromatic N) is 3. The minimum Gasteiger partial charge on any atom is -0.339 e. The Morgan fingerprint density at radius 1 is 1.03 bits per heavy atom. The lowest BCUT2D eigenvalue weighted by atomic mass is 9.94. The van der Waals surface area contributed by atoms with E-state index in [0.29, 0.717) is 23.6 Å². The van der Waals surface area contributed by atoms with Crippen molar-refractivity contribution < 1.29 is 13.2 Å². The molecule has 2 heterocycles. The van der Waals surface area contributed by atoms with Gasteiger partial charge >= 0.3 is 0 Å². The van der Waals surface area contributed by atoms with Gasteiger partial charge in [-0.2, -0.15) is 4.31 Å². The van der Waals surface area contributed by atoms with Crippen molar-refractivity contribution in [3.8, 4) is 0 Å². The Morgan fingerprint density at radius 2 is 1.72 bits per heavy atom. The quantitative estimate of drug-likeness (QED) is 0.583. The molecule has 2 aliphatic rings. The molecule has 0 N–H and O–H groups in total. The second kappa shape index (κ2) is 7.83. The van der Waals surface area contributed by atoms with Gasteiger partial charge in [-0.05, 0) is 55.2 Å². The van der Waals surface area contributed by atoms with Gasteiger partial charge in [-0.1, -0.05) is 35.9 Å². The number of amides is 1. The fourth-order valence-corrected chi connectivity index (χ4v) is 6.26. The molecule has 1 aliphatic carbocycles. The summed E-state index contributed by atoms with van der Waals surface area (Å²) >= 11 is 6.00. The van der Waals surface area contributed by atoms with Crippen LogP contribution in [0.3, 0.4) is 0 Å². The summed E-state index contributed by atoms with van der Waals surface area (Å²) in [5.41, 5.74) is 1.97. The molecule has 0 bridgehead atoms. The van der Waals surface area contributed by atoms with Crippen LogP contribution in [0.1, 0.15) is 24.0 Å². The highest BCUT2D eigenvalue weighted by atomic mass is 35.5. The average Bonchev–Trinajstić information content (AvgIpc) is 3.60. The molecule has 0 spiro atoms. The number of rotatable bonds is 4. The van der Waals surface area contributed by atoms with Crippen molar-refractivity contribution in [2.45, 2.75) is 30.1 Å². The third-order valence-corrected chi connectivity index (χ3v) is 8.69. The number of hydrogen-bond acceptors (Lipinski definition) is 4. The second-order valence-electron chi connectivity index (χ2n) is 8.63. The number of carbonyl (C=O) groups is 1. The first-order valence-corrected chi connectivity index (χ1v) is 12.5. The summed E-state index contributed by atoms with van der Waals surface area (Å²) in [5, 5.41) is 1.45. The van der Waals surface area contributed by atoms with E-state index in [9.17, 15) is 13.2 Å².